The highest BCUT2D eigenvalue weighted by Gasteiger charge is 2.14. The minimum absolute atomic E-state index is 0.646. The van der Waals surface area contributed by atoms with Gasteiger partial charge in [-0.25, -0.2) is 0 Å². The fraction of sp³-hybridized carbons (Fsp3) is 0.176. The van der Waals surface area contributed by atoms with E-state index in [1.807, 2.05) is 30.3 Å². The van der Waals surface area contributed by atoms with Gasteiger partial charge in [-0.15, -0.1) is 28.1 Å². The van der Waals surface area contributed by atoms with Crippen molar-refractivity contribution in [2.24, 2.45) is 0 Å². The van der Waals surface area contributed by atoms with Crippen LogP contribution in [-0.4, -0.2) is 14.8 Å². The molecular formula is C17H15Cl2N3S2. The molecule has 7 heteroatoms. The average molecular weight is 396 g/mol. The van der Waals surface area contributed by atoms with E-state index in [2.05, 4.69) is 32.8 Å². The Bertz CT molecular complexity index is 808. The van der Waals surface area contributed by atoms with E-state index in [0.717, 1.165) is 23.0 Å². The Labute approximate surface area is 159 Å². The smallest absolute Gasteiger partial charge is 0.191 e. The first-order chi connectivity index (χ1) is 11.7. The Balaban J connectivity index is 1.80. The molecule has 0 N–H and O–H groups in total. The van der Waals surface area contributed by atoms with Crippen molar-refractivity contribution in [3.8, 4) is 0 Å². The number of hydrogen-bond donors (Lipinski definition) is 0. The van der Waals surface area contributed by atoms with Gasteiger partial charge in [0.1, 0.15) is 5.82 Å². The summed E-state index contributed by atoms with van der Waals surface area (Å²) in [5.74, 6) is 1.58. The molecule has 0 spiro atoms. The summed E-state index contributed by atoms with van der Waals surface area (Å²) >= 11 is 15.8. The van der Waals surface area contributed by atoms with Gasteiger partial charge in [-0.2, -0.15) is 0 Å². The SMILES string of the molecule is C=CCn1c(Cc2cccs2)nnc1SCc1c(Cl)cccc1Cl. The molecule has 1 aromatic carbocycles. The van der Waals surface area contributed by atoms with Crippen LogP contribution < -0.4 is 0 Å². The zero-order valence-electron chi connectivity index (χ0n) is 12.8. The Morgan fingerprint density at radius 1 is 1.17 bits per heavy atom. The van der Waals surface area contributed by atoms with Crippen LogP contribution in [0, 0.1) is 0 Å². The Morgan fingerprint density at radius 3 is 2.62 bits per heavy atom. The lowest BCUT2D eigenvalue weighted by atomic mass is 10.2. The maximum Gasteiger partial charge on any atom is 0.191 e. The number of aromatic nitrogens is 3. The van der Waals surface area contributed by atoms with Crippen LogP contribution in [0.5, 0.6) is 0 Å². The Hall–Kier alpha value is -1.27. The van der Waals surface area contributed by atoms with E-state index in [0.29, 0.717) is 22.3 Å². The predicted molar refractivity (Wildman–Crippen MR) is 103 cm³/mol. The lowest BCUT2D eigenvalue weighted by molar-refractivity contribution is 0.692. The average Bonchev–Trinajstić information content (AvgIpc) is 3.19. The molecule has 0 amide bonds. The van der Waals surface area contributed by atoms with Crippen LogP contribution in [-0.2, 0) is 18.7 Å². The molecule has 0 fully saturated rings. The monoisotopic (exact) mass is 395 g/mol. The lowest BCUT2D eigenvalue weighted by Crippen LogP contribution is -2.04. The fourth-order valence-electron chi connectivity index (χ4n) is 2.24. The van der Waals surface area contributed by atoms with Gasteiger partial charge < -0.3 is 4.57 Å². The van der Waals surface area contributed by atoms with E-state index in [9.17, 15) is 0 Å². The molecule has 0 aliphatic carbocycles. The van der Waals surface area contributed by atoms with Crippen LogP contribution in [0.4, 0.5) is 0 Å². The number of hydrogen-bond acceptors (Lipinski definition) is 4. The fourth-order valence-corrected chi connectivity index (χ4v) is 4.65. The molecule has 24 heavy (non-hydrogen) atoms. The van der Waals surface area contributed by atoms with E-state index in [-0.39, 0.29) is 0 Å². The maximum absolute atomic E-state index is 6.24. The highest BCUT2D eigenvalue weighted by molar-refractivity contribution is 7.98. The third-order valence-electron chi connectivity index (χ3n) is 3.42. The minimum Gasteiger partial charge on any atom is -0.302 e. The maximum atomic E-state index is 6.24. The van der Waals surface area contributed by atoms with Crippen molar-refractivity contribution in [2.75, 3.05) is 0 Å². The van der Waals surface area contributed by atoms with Crippen molar-refractivity contribution in [1.29, 1.82) is 0 Å². The first-order valence-corrected chi connectivity index (χ1v) is 9.92. The second-order valence-electron chi connectivity index (χ2n) is 5.04. The molecule has 3 rings (SSSR count). The quantitative estimate of drug-likeness (QED) is 0.378. The predicted octanol–water partition coefficient (Wildman–Crippen LogP) is 5.72. The molecule has 2 heterocycles. The first-order valence-electron chi connectivity index (χ1n) is 7.30. The van der Waals surface area contributed by atoms with Crippen LogP contribution in [0.1, 0.15) is 16.3 Å². The second kappa shape index (κ2) is 8.21. The van der Waals surface area contributed by atoms with Crippen LogP contribution in [0.15, 0.2) is 53.5 Å². The van der Waals surface area contributed by atoms with Gasteiger partial charge in [0, 0.05) is 33.6 Å². The van der Waals surface area contributed by atoms with Gasteiger partial charge in [0.15, 0.2) is 5.16 Å². The van der Waals surface area contributed by atoms with Crippen molar-refractivity contribution in [1.82, 2.24) is 14.8 Å². The summed E-state index contributed by atoms with van der Waals surface area (Å²) < 4.78 is 2.09. The summed E-state index contributed by atoms with van der Waals surface area (Å²) in [4.78, 5) is 1.26. The van der Waals surface area contributed by atoms with Crippen molar-refractivity contribution in [3.63, 3.8) is 0 Å². The largest absolute Gasteiger partial charge is 0.302 e. The van der Waals surface area contributed by atoms with E-state index in [1.54, 1.807) is 23.1 Å². The summed E-state index contributed by atoms with van der Waals surface area (Å²) in [7, 11) is 0. The van der Waals surface area contributed by atoms with Crippen LogP contribution in [0.2, 0.25) is 10.0 Å². The standard InChI is InChI=1S/C17H15Cl2N3S2/c1-2-8-22-16(10-12-5-4-9-23-12)20-21-17(22)24-11-13-14(18)6-3-7-15(13)19/h2-7,9H,1,8,10-11H2. The van der Waals surface area contributed by atoms with Crippen molar-refractivity contribution in [2.45, 2.75) is 23.9 Å². The Morgan fingerprint density at radius 2 is 1.96 bits per heavy atom. The normalized spacial score (nSPS) is 10.9. The van der Waals surface area contributed by atoms with Gasteiger partial charge in [0.2, 0.25) is 0 Å². The van der Waals surface area contributed by atoms with Gasteiger partial charge in [-0.3, -0.25) is 0 Å². The third kappa shape index (κ3) is 4.03. The number of rotatable bonds is 7. The van der Waals surface area contributed by atoms with Crippen molar-refractivity contribution in [3.05, 3.63) is 74.7 Å². The molecule has 3 nitrogen and oxygen atoms in total. The molecule has 0 aliphatic heterocycles. The number of halogens is 2. The van der Waals surface area contributed by atoms with Gasteiger partial charge in [-0.1, -0.05) is 53.2 Å². The van der Waals surface area contributed by atoms with Gasteiger partial charge in [-0.05, 0) is 29.1 Å². The van der Waals surface area contributed by atoms with Gasteiger partial charge >= 0.3 is 0 Å². The summed E-state index contributed by atoms with van der Waals surface area (Å²) in [6.07, 6.45) is 2.62. The molecule has 0 atom stereocenters. The molecule has 0 bridgehead atoms. The van der Waals surface area contributed by atoms with E-state index in [4.69, 9.17) is 23.2 Å². The van der Waals surface area contributed by atoms with Crippen LogP contribution in [0.25, 0.3) is 0 Å². The van der Waals surface area contributed by atoms with E-state index < -0.39 is 0 Å². The minimum atomic E-state index is 0.646. The number of thioether (sulfide) groups is 1. The van der Waals surface area contributed by atoms with Gasteiger partial charge in [0.25, 0.3) is 0 Å². The molecule has 2 aromatic heterocycles. The van der Waals surface area contributed by atoms with Crippen molar-refractivity contribution >= 4 is 46.3 Å². The zero-order valence-corrected chi connectivity index (χ0v) is 15.9. The lowest BCUT2D eigenvalue weighted by Gasteiger charge is -2.09. The first kappa shape index (κ1) is 17.5. The molecule has 0 saturated heterocycles. The summed E-state index contributed by atoms with van der Waals surface area (Å²) in [6, 6.07) is 9.69. The zero-order chi connectivity index (χ0) is 16.9. The number of allylic oxidation sites excluding steroid dienone is 1. The highest BCUT2D eigenvalue weighted by atomic mass is 35.5. The molecule has 3 aromatic rings. The molecule has 0 unspecified atom stereocenters. The molecule has 0 saturated carbocycles. The third-order valence-corrected chi connectivity index (χ3v) is 6.00. The van der Waals surface area contributed by atoms with Crippen LogP contribution in [0.3, 0.4) is 0 Å². The van der Waals surface area contributed by atoms with E-state index >= 15 is 0 Å². The Kier molecular flexibility index (Phi) is 6.00. The molecule has 0 aliphatic rings. The molecule has 124 valence electrons. The summed E-state index contributed by atoms with van der Waals surface area (Å²) in [6.45, 7) is 4.51. The second-order valence-corrected chi connectivity index (χ2v) is 7.83. The summed E-state index contributed by atoms with van der Waals surface area (Å²) in [5.41, 5.74) is 0.916. The summed E-state index contributed by atoms with van der Waals surface area (Å²) in [5, 5.41) is 12.9. The number of benzene rings is 1. The molecule has 0 radical (unpaired) electrons. The topological polar surface area (TPSA) is 30.7 Å². The number of thiophene rings is 1. The van der Waals surface area contributed by atoms with Crippen molar-refractivity contribution < 1.29 is 0 Å². The number of nitrogens with zero attached hydrogens (tertiary/aromatic N) is 3. The van der Waals surface area contributed by atoms with E-state index in [1.165, 1.54) is 4.88 Å². The van der Waals surface area contributed by atoms with Gasteiger partial charge in [0.05, 0.1) is 0 Å². The highest BCUT2D eigenvalue weighted by Crippen LogP contribution is 2.31. The molecular weight excluding hydrogens is 381 g/mol. The van der Waals surface area contributed by atoms with Crippen LogP contribution >= 0.6 is 46.3 Å².